The summed E-state index contributed by atoms with van der Waals surface area (Å²) in [6.45, 7) is 6.83. The predicted octanol–water partition coefficient (Wildman–Crippen LogP) is 1.14. The Morgan fingerprint density at radius 3 is 2.39 bits per heavy atom. The third kappa shape index (κ3) is 2.88. The van der Waals surface area contributed by atoms with Gasteiger partial charge in [-0.25, -0.2) is 4.79 Å². The fourth-order valence-corrected chi connectivity index (χ4v) is 1.39. The number of aromatic nitrogens is 2. The number of carboxylic acid groups (broad SMARTS) is 1. The molecule has 0 atom stereocenters. The lowest BCUT2D eigenvalue weighted by molar-refractivity contribution is -0.143. The SMILES string of the molecule is CC(C)c1cc(C(=O)NC(C)(C)C(=O)O)n(C)n1. The first-order chi connectivity index (χ1) is 8.15. The van der Waals surface area contributed by atoms with Crippen molar-refractivity contribution in [3.8, 4) is 0 Å². The van der Waals surface area contributed by atoms with E-state index in [0.29, 0.717) is 5.69 Å². The number of carbonyl (C=O) groups is 2. The number of aryl methyl sites for hydroxylation is 1. The molecule has 18 heavy (non-hydrogen) atoms. The van der Waals surface area contributed by atoms with E-state index >= 15 is 0 Å². The van der Waals surface area contributed by atoms with Crippen LogP contribution < -0.4 is 5.32 Å². The molecule has 0 spiro atoms. The summed E-state index contributed by atoms with van der Waals surface area (Å²) < 4.78 is 1.46. The standard InChI is InChI=1S/C12H19N3O3/c1-7(2)8-6-9(15(5)14-8)10(16)13-12(3,4)11(17)18/h6-7H,1-5H3,(H,13,16)(H,17,18). The Labute approximate surface area is 106 Å². The number of amides is 1. The lowest BCUT2D eigenvalue weighted by atomic mass is 10.1. The zero-order chi connectivity index (χ0) is 14.1. The lowest BCUT2D eigenvalue weighted by Gasteiger charge is -2.20. The van der Waals surface area contributed by atoms with Gasteiger partial charge >= 0.3 is 5.97 Å². The van der Waals surface area contributed by atoms with E-state index in [4.69, 9.17) is 5.11 Å². The fourth-order valence-electron chi connectivity index (χ4n) is 1.39. The van der Waals surface area contributed by atoms with Gasteiger partial charge in [0.25, 0.3) is 5.91 Å². The molecule has 0 saturated carbocycles. The van der Waals surface area contributed by atoms with E-state index in [1.54, 1.807) is 13.1 Å². The third-order valence-corrected chi connectivity index (χ3v) is 2.68. The molecule has 0 unspecified atom stereocenters. The summed E-state index contributed by atoms with van der Waals surface area (Å²) >= 11 is 0. The van der Waals surface area contributed by atoms with Crippen molar-refractivity contribution in [2.75, 3.05) is 0 Å². The van der Waals surface area contributed by atoms with Gasteiger partial charge in [0.2, 0.25) is 0 Å². The summed E-state index contributed by atoms with van der Waals surface area (Å²) in [6.07, 6.45) is 0. The Hall–Kier alpha value is -1.85. The zero-order valence-electron chi connectivity index (χ0n) is 11.3. The van der Waals surface area contributed by atoms with Crippen LogP contribution in [0.3, 0.4) is 0 Å². The van der Waals surface area contributed by atoms with E-state index in [9.17, 15) is 9.59 Å². The van der Waals surface area contributed by atoms with Crippen LogP contribution in [0, 0.1) is 0 Å². The first kappa shape index (κ1) is 14.2. The van der Waals surface area contributed by atoms with Crippen LogP contribution in [-0.2, 0) is 11.8 Å². The highest BCUT2D eigenvalue weighted by Crippen LogP contribution is 2.14. The van der Waals surface area contributed by atoms with E-state index in [1.165, 1.54) is 18.5 Å². The molecule has 0 radical (unpaired) electrons. The zero-order valence-corrected chi connectivity index (χ0v) is 11.3. The highest BCUT2D eigenvalue weighted by atomic mass is 16.4. The van der Waals surface area contributed by atoms with Crippen LogP contribution in [0.4, 0.5) is 0 Å². The molecule has 1 aromatic rings. The Morgan fingerprint density at radius 1 is 1.44 bits per heavy atom. The molecule has 0 aliphatic carbocycles. The van der Waals surface area contributed by atoms with Crippen LogP contribution >= 0.6 is 0 Å². The largest absolute Gasteiger partial charge is 0.480 e. The van der Waals surface area contributed by atoms with Gasteiger partial charge in [0.1, 0.15) is 11.2 Å². The number of carboxylic acids is 1. The Bertz CT molecular complexity index is 475. The van der Waals surface area contributed by atoms with E-state index in [0.717, 1.165) is 5.69 Å². The molecule has 0 aliphatic heterocycles. The first-order valence-corrected chi connectivity index (χ1v) is 5.75. The molecule has 0 aromatic carbocycles. The summed E-state index contributed by atoms with van der Waals surface area (Å²) in [4.78, 5) is 22.9. The normalized spacial score (nSPS) is 11.7. The topological polar surface area (TPSA) is 84.2 Å². The number of nitrogens with zero attached hydrogens (tertiary/aromatic N) is 2. The van der Waals surface area contributed by atoms with Crippen molar-refractivity contribution < 1.29 is 14.7 Å². The number of hydrogen-bond donors (Lipinski definition) is 2. The summed E-state index contributed by atoms with van der Waals surface area (Å²) in [5.74, 6) is -1.31. The minimum Gasteiger partial charge on any atom is -0.480 e. The van der Waals surface area contributed by atoms with Crippen molar-refractivity contribution in [2.45, 2.75) is 39.2 Å². The quantitative estimate of drug-likeness (QED) is 0.842. The highest BCUT2D eigenvalue weighted by molar-refractivity contribution is 5.96. The molecule has 6 heteroatoms. The highest BCUT2D eigenvalue weighted by Gasteiger charge is 2.30. The van der Waals surface area contributed by atoms with Gasteiger partial charge in [-0.15, -0.1) is 0 Å². The molecule has 100 valence electrons. The van der Waals surface area contributed by atoms with Crippen molar-refractivity contribution in [1.82, 2.24) is 15.1 Å². The molecule has 1 rings (SSSR count). The monoisotopic (exact) mass is 253 g/mol. The van der Waals surface area contributed by atoms with Gasteiger partial charge in [0.15, 0.2) is 0 Å². The minimum absolute atomic E-state index is 0.213. The first-order valence-electron chi connectivity index (χ1n) is 5.75. The number of carbonyl (C=O) groups excluding carboxylic acids is 1. The maximum atomic E-state index is 12.0. The van der Waals surface area contributed by atoms with Crippen molar-refractivity contribution in [2.24, 2.45) is 7.05 Å². The van der Waals surface area contributed by atoms with Crippen LogP contribution in [-0.4, -0.2) is 32.3 Å². The molecular formula is C12H19N3O3. The van der Waals surface area contributed by atoms with E-state index in [1.807, 2.05) is 13.8 Å². The Kier molecular flexibility index (Phi) is 3.79. The third-order valence-electron chi connectivity index (χ3n) is 2.68. The van der Waals surface area contributed by atoms with Crippen LogP contribution in [0.15, 0.2) is 6.07 Å². The number of hydrogen-bond acceptors (Lipinski definition) is 3. The second kappa shape index (κ2) is 4.80. The van der Waals surface area contributed by atoms with Gasteiger partial charge in [-0.2, -0.15) is 5.10 Å². The van der Waals surface area contributed by atoms with E-state index < -0.39 is 17.4 Å². The molecule has 1 heterocycles. The fraction of sp³-hybridized carbons (Fsp3) is 0.583. The second-order valence-corrected chi connectivity index (χ2v) is 5.12. The summed E-state index contributed by atoms with van der Waals surface area (Å²) in [7, 11) is 1.66. The van der Waals surface area contributed by atoms with Crippen LogP contribution in [0.2, 0.25) is 0 Å². The number of aliphatic carboxylic acids is 1. The van der Waals surface area contributed by atoms with Crippen LogP contribution in [0.25, 0.3) is 0 Å². The van der Waals surface area contributed by atoms with Gasteiger partial charge in [-0.1, -0.05) is 13.8 Å². The van der Waals surface area contributed by atoms with E-state index in [-0.39, 0.29) is 5.92 Å². The van der Waals surface area contributed by atoms with Gasteiger partial charge < -0.3 is 10.4 Å². The van der Waals surface area contributed by atoms with Crippen molar-refractivity contribution >= 4 is 11.9 Å². The van der Waals surface area contributed by atoms with Crippen LogP contribution in [0.1, 0.15) is 49.8 Å². The summed E-state index contributed by atoms with van der Waals surface area (Å²) in [5, 5.41) is 15.6. The molecule has 0 bridgehead atoms. The molecule has 1 aromatic heterocycles. The van der Waals surface area contributed by atoms with Crippen LogP contribution in [0.5, 0.6) is 0 Å². The number of rotatable bonds is 4. The van der Waals surface area contributed by atoms with Gasteiger partial charge in [-0.3, -0.25) is 9.48 Å². The molecule has 0 aliphatic rings. The molecule has 6 nitrogen and oxygen atoms in total. The average Bonchev–Trinajstić information content (AvgIpc) is 2.59. The summed E-state index contributed by atoms with van der Waals surface area (Å²) in [5.41, 5.74) is -0.150. The molecule has 0 saturated heterocycles. The predicted molar refractivity (Wildman–Crippen MR) is 66.5 cm³/mol. The van der Waals surface area contributed by atoms with Gasteiger partial charge in [0.05, 0.1) is 5.69 Å². The molecular weight excluding hydrogens is 234 g/mol. The Morgan fingerprint density at radius 2 is 2.00 bits per heavy atom. The lowest BCUT2D eigenvalue weighted by Crippen LogP contribution is -2.50. The van der Waals surface area contributed by atoms with Crippen molar-refractivity contribution in [1.29, 1.82) is 0 Å². The second-order valence-electron chi connectivity index (χ2n) is 5.12. The smallest absolute Gasteiger partial charge is 0.328 e. The van der Waals surface area contributed by atoms with Crippen molar-refractivity contribution in [3.05, 3.63) is 17.5 Å². The van der Waals surface area contributed by atoms with E-state index in [2.05, 4.69) is 10.4 Å². The summed E-state index contributed by atoms with van der Waals surface area (Å²) in [6, 6.07) is 1.68. The van der Waals surface area contributed by atoms with Gasteiger partial charge in [0, 0.05) is 7.05 Å². The Balaban J connectivity index is 2.95. The average molecular weight is 253 g/mol. The molecule has 0 fully saturated rings. The minimum atomic E-state index is -1.31. The molecule has 1 amide bonds. The maximum Gasteiger partial charge on any atom is 0.328 e. The van der Waals surface area contributed by atoms with Crippen molar-refractivity contribution in [3.63, 3.8) is 0 Å². The molecule has 2 N–H and O–H groups in total. The maximum absolute atomic E-state index is 12.0. The number of nitrogens with one attached hydrogen (secondary N) is 1. The van der Waals surface area contributed by atoms with Gasteiger partial charge in [-0.05, 0) is 25.8 Å².